The van der Waals surface area contributed by atoms with Crippen molar-refractivity contribution in [3.05, 3.63) is 36.5 Å². The van der Waals surface area contributed by atoms with Gasteiger partial charge in [-0.3, -0.25) is 9.36 Å². The average molecular weight is 185 g/mol. The van der Waals surface area contributed by atoms with Crippen molar-refractivity contribution in [2.75, 3.05) is 0 Å². The van der Waals surface area contributed by atoms with Gasteiger partial charge < -0.3 is 0 Å². The van der Waals surface area contributed by atoms with Gasteiger partial charge in [0.15, 0.2) is 0 Å². The Labute approximate surface area is 82.1 Å². The van der Waals surface area contributed by atoms with Crippen LogP contribution in [0.1, 0.15) is 17.6 Å². The molecule has 0 unspecified atom stereocenters. The minimum atomic E-state index is 0.256. The van der Waals surface area contributed by atoms with Crippen molar-refractivity contribution in [3.8, 4) is 0 Å². The summed E-state index contributed by atoms with van der Waals surface area (Å²) in [6.07, 6.45) is 4.00. The second-order valence-corrected chi connectivity index (χ2v) is 3.86. The van der Waals surface area contributed by atoms with Gasteiger partial charge in [-0.05, 0) is 25.0 Å². The number of carbonyl (C=O) groups excluding carboxylic acids is 1. The molecule has 1 saturated carbocycles. The molecule has 0 aliphatic heterocycles. The van der Waals surface area contributed by atoms with Gasteiger partial charge in [-0.25, -0.2) is 0 Å². The Bertz CT molecular complexity index is 494. The summed E-state index contributed by atoms with van der Waals surface area (Å²) in [5, 5.41) is 1.14. The topological polar surface area (TPSA) is 22.0 Å². The van der Waals surface area contributed by atoms with E-state index in [-0.39, 0.29) is 11.8 Å². The monoisotopic (exact) mass is 185 g/mol. The Hall–Kier alpha value is -1.57. The van der Waals surface area contributed by atoms with Crippen LogP contribution in [0, 0.1) is 5.92 Å². The van der Waals surface area contributed by atoms with Crippen molar-refractivity contribution in [2.24, 2.45) is 5.92 Å². The summed E-state index contributed by atoms with van der Waals surface area (Å²) in [5.74, 6) is 0.539. The lowest BCUT2D eigenvalue weighted by atomic mass is 10.2. The van der Waals surface area contributed by atoms with E-state index in [9.17, 15) is 4.79 Å². The van der Waals surface area contributed by atoms with E-state index in [0.29, 0.717) is 0 Å². The number of para-hydroxylation sites is 1. The number of benzene rings is 1. The van der Waals surface area contributed by atoms with Gasteiger partial charge in [0.25, 0.3) is 0 Å². The lowest BCUT2D eigenvalue weighted by molar-refractivity contribution is 0.0891. The van der Waals surface area contributed by atoms with Crippen molar-refractivity contribution < 1.29 is 4.79 Å². The summed E-state index contributed by atoms with van der Waals surface area (Å²) in [4.78, 5) is 11.8. The third-order valence-corrected chi connectivity index (χ3v) is 2.76. The normalized spacial score (nSPS) is 16.0. The molecule has 0 N–H and O–H groups in total. The van der Waals surface area contributed by atoms with Gasteiger partial charge in [0.2, 0.25) is 5.91 Å². The minimum Gasteiger partial charge on any atom is -0.287 e. The number of nitrogens with zero attached hydrogens (tertiary/aromatic N) is 1. The molecule has 1 heterocycles. The van der Waals surface area contributed by atoms with E-state index in [4.69, 9.17) is 0 Å². The highest BCUT2D eigenvalue weighted by atomic mass is 16.2. The molecule has 0 bridgehead atoms. The van der Waals surface area contributed by atoms with E-state index >= 15 is 0 Å². The van der Waals surface area contributed by atoms with E-state index in [1.807, 2.05) is 36.5 Å². The van der Waals surface area contributed by atoms with E-state index in [2.05, 4.69) is 0 Å². The fourth-order valence-corrected chi connectivity index (χ4v) is 1.80. The summed E-state index contributed by atoms with van der Waals surface area (Å²) >= 11 is 0. The van der Waals surface area contributed by atoms with Crippen LogP contribution in [-0.4, -0.2) is 10.5 Å². The smallest absolute Gasteiger partial charge is 0.234 e. The second kappa shape index (κ2) is 2.71. The van der Waals surface area contributed by atoms with Gasteiger partial charge in [0.05, 0.1) is 5.52 Å². The molecule has 0 atom stereocenters. The molecule has 1 aliphatic rings. The lowest BCUT2D eigenvalue weighted by Gasteiger charge is -2.01. The van der Waals surface area contributed by atoms with Crippen molar-refractivity contribution in [3.63, 3.8) is 0 Å². The summed E-state index contributed by atoms with van der Waals surface area (Å²) in [6, 6.07) is 9.99. The number of fused-ring (bicyclic) bond motifs is 1. The van der Waals surface area contributed by atoms with Crippen molar-refractivity contribution >= 4 is 16.8 Å². The van der Waals surface area contributed by atoms with Crippen LogP contribution in [0.25, 0.3) is 10.9 Å². The molecule has 1 aromatic heterocycles. The van der Waals surface area contributed by atoms with Crippen molar-refractivity contribution in [1.29, 1.82) is 0 Å². The largest absolute Gasteiger partial charge is 0.287 e. The first-order valence-electron chi connectivity index (χ1n) is 4.96. The maximum Gasteiger partial charge on any atom is 0.234 e. The fourth-order valence-electron chi connectivity index (χ4n) is 1.80. The summed E-state index contributed by atoms with van der Waals surface area (Å²) < 4.78 is 1.78. The van der Waals surface area contributed by atoms with Crippen LogP contribution in [0.2, 0.25) is 0 Å². The Morgan fingerprint density at radius 2 is 2.00 bits per heavy atom. The third kappa shape index (κ3) is 1.07. The van der Waals surface area contributed by atoms with Crippen LogP contribution in [0.4, 0.5) is 0 Å². The predicted octanol–water partition coefficient (Wildman–Crippen LogP) is 2.69. The highest BCUT2D eigenvalue weighted by Gasteiger charge is 2.31. The predicted molar refractivity (Wildman–Crippen MR) is 55.3 cm³/mol. The Morgan fingerprint density at radius 3 is 2.79 bits per heavy atom. The highest BCUT2D eigenvalue weighted by Crippen LogP contribution is 2.31. The molecular formula is C12H11NO. The maximum atomic E-state index is 11.8. The Morgan fingerprint density at radius 1 is 1.21 bits per heavy atom. The van der Waals surface area contributed by atoms with E-state index in [0.717, 1.165) is 23.7 Å². The zero-order chi connectivity index (χ0) is 9.54. The van der Waals surface area contributed by atoms with E-state index in [1.165, 1.54) is 0 Å². The Balaban J connectivity index is 2.16. The summed E-state index contributed by atoms with van der Waals surface area (Å²) in [6.45, 7) is 0. The van der Waals surface area contributed by atoms with Gasteiger partial charge in [0.1, 0.15) is 0 Å². The zero-order valence-electron chi connectivity index (χ0n) is 7.81. The fraction of sp³-hybridized carbons (Fsp3) is 0.250. The molecule has 1 fully saturated rings. The van der Waals surface area contributed by atoms with Crippen LogP contribution >= 0.6 is 0 Å². The SMILES string of the molecule is O=C(C1CC1)n1ccc2ccccc21. The molecule has 0 spiro atoms. The van der Waals surface area contributed by atoms with Crippen LogP contribution in [0.3, 0.4) is 0 Å². The summed E-state index contributed by atoms with van der Waals surface area (Å²) in [5.41, 5.74) is 1.03. The van der Waals surface area contributed by atoms with Crippen LogP contribution in [-0.2, 0) is 0 Å². The molecule has 2 aromatic rings. The first-order valence-corrected chi connectivity index (χ1v) is 4.96. The highest BCUT2D eigenvalue weighted by molar-refractivity contribution is 5.94. The molecule has 2 heteroatoms. The molecule has 0 saturated heterocycles. The van der Waals surface area contributed by atoms with Gasteiger partial charge in [-0.1, -0.05) is 18.2 Å². The number of rotatable bonds is 1. The second-order valence-electron chi connectivity index (χ2n) is 3.86. The first-order chi connectivity index (χ1) is 6.86. The molecule has 2 nitrogen and oxygen atoms in total. The van der Waals surface area contributed by atoms with Gasteiger partial charge in [-0.15, -0.1) is 0 Å². The van der Waals surface area contributed by atoms with Gasteiger partial charge in [0, 0.05) is 17.5 Å². The molecule has 0 amide bonds. The van der Waals surface area contributed by atoms with Crippen LogP contribution in [0.5, 0.6) is 0 Å². The number of hydrogen-bond acceptors (Lipinski definition) is 1. The molecule has 14 heavy (non-hydrogen) atoms. The minimum absolute atomic E-state index is 0.256. The average Bonchev–Trinajstić information content (AvgIpc) is 2.97. The zero-order valence-corrected chi connectivity index (χ0v) is 7.81. The maximum absolute atomic E-state index is 11.8. The number of carbonyl (C=O) groups is 1. The van der Waals surface area contributed by atoms with Crippen molar-refractivity contribution in [2.45, 2.75) is 12.8 Å². The van der Waals surface area contributed by atoms with Crippen molar-refractivity contribution in [1.82, 2.24) is 4.57 Å². The Kier molecular flexibility index (Phi) is 1.51. The molecule has 70 valence electrons. The number of hydrogen-bond donors (Lipinski definition) is 0. The molecule has 0 radical (unpaired) electrons. The lowest BCUT2D eigenvalue weighted by Crippen LogP contribution is -2.10. The van der Waals surface area contributed by atoms with Gasteiger partial charge in [-0.2, -0.15) is 0 Å². The van der Waals surface area contributed by atoms with E-state index in [1.54, 1.807) is 4.57 Å². The number of aromatic nitrogens is 1. The van der Waals surface area contributed by atoms with E-state index < -0.39 is 0 Å². The van der Waals surface area contributed by atoms with Crippen LogP contribution < -0.4 is 0 Å². The van der Waals surface area contributed by atoms with Gasteiger partial charge >= 0.3 is 0 Å². The van der Waals surface area contributed by atoms with Crippen LogP contribution in [0.15, 0.2) is 36.5 Å². The molecule has 1 aromatic carbocycles. The molecule has 3 rings (SSSR count). The third-order valence-electron chi connectivity index (χ3n) is 2.76. The molecule has 1 aliphatic carbocycles. The molecular weight excluding hydrogens is 174 g/mol. The first kappa shape index (κ1) is 7.80. The quantitative estimate of drug-likeness (QED) is 0.669. The summed E-state index contributed by atoms with van der Waals surface area (Å²) in [7, 11) is 0. The standard InChI is InChI=1S/C12H11NO/c14-12(10-5-6-10)13-8-7-9-3-1-2-4-11(9)13/h1-4,7-8,10H,5-6H2.